The van der Waals surface area contributed by atoms with Crippen molar-refractivity contribution in [3.63, 3.8) is 0 Å². The summed E-state index contributed by atoms with van der Waals surface area (Å²) < 4.78 is 11.1. The second kappa shape index (κ2) is 7.41. The molecule has 1 unspecified atom stereocenters. The van der Waals surface area contributed by atoms with Gasteiger partial charge in [0.15, 0.2) is 0 Å². The molecule has 1 aromatic carbocycles. The monoisotopic (exact) mass is 277 g/mol. The highest BCUT2D eigenvalue weighted by Gasteiger charge is 2.19. The molecule has 0 radical (unpaired) electrons. The number of benzene rings is 1. The summed E-state index contributed by atoms with van der Waals surface area (Å²) in [5.74, 6) is 0.835. The van der Waals surface area contributed by atoms with E-state index >= 15 is 0 Å². The van der Waals surface area contributed by atoms with Gasteiger partial charge in [0.2, 0.25) is 0 Å². The van der Waals surface area contributed by atoms with E-state index in [4.69, 9.17) is 9.47 Å². The van der Waals surface area contributed by atoms with Crippen LogP contribution in [0.3, 0.4) is 0 Å². The Balaban J connectivity index is 2.06. The maximum atomic E-state index is 10.9. The van der Waals surface area contributed by atoms with Crippen LogP contribution in [0.25, 0.3) is 0 Å². The van der Waals surface area contributed by atoms with Crippen molar-refractivity contribution < 1.29 is 14.3 Å². The molecule has 1 atom stereocenters. The summed E-state index contributed by atoms with van der Waals surface area (Å²) in [5.41, 5.74) is 1.74. The van der Waals surface area contributed by atoms with E-state index in [1.807, 2.05) is 12.1 Å². The normalized spacial score (nSPS) is 18.4. The minimum atomic E-state index is 0.343. The molecule has 4 nitrogen and oxygen atoms in total. The molecule has 0 aliphatic carbocycles. The van der Waals surface area contributed by atoms with Crippen LogP contribution in [0.2, 0.25) is 0 Å². The van der Waals surface area contributed by atoms with E-state index < -0.39 is 0 Å². The first-order chi connectivity index (χ1) is 9.76. The van der Waals surface area contributed by atoms with Crippen LogP contribution in [0.1, 0.15) is 35.7 Å². The van der Waals surface area contributed by atoms with Gasteiger partial charge in [0, 0.05) is 30.8 Å². The molecule has 20 heavy (non-hydrogen) atoms. The third-order valence-electron chi connectivity index (χ3n) is 3.77. The lowest BCUT2D eigenvalue weighted by Gasteiger charge is -2.24. The quantitative estimate of drug-likeness (QED) is 0.718. The highest BCUT2D eigenvalue weighted by Crippen LogP contribution is 2.22. The van der Waals surface area contributed by atoms with Crippen LogP contribution in [-0.4, -0.2) is 44.1 Å². The Kier molecular flexibility index (Phi) is 5.56. The lowest BCUT2D eigenvalue weighted by molar-refractivity contribution is 0.0722. The zero-order valence-corrected chi connectivity index (χ0v) is 12.3. The third kappa shape index (κ3) is 3.81. The number of ether oxygens (including phenoxy) is 2. The smallest absolute Gasteiger partial charge is 0.150 e. The van der Waals surface area contributed by atoms with Crippen LogP contribution in [0.5, 0.6) is 5.75 Å². The lowest BCUT2D eigenvalue weighted by Crippen LogP contribution is -2.31. The number of nitrogens with zero attached hydrogens (tertiary/aromatic N) is 1. The Morgan fingerprint density at radius 1 is 1.50 bits per heavy atom. The molecule has 0 amide bonds. The van der Waals surface area contributed by atoms with Gasteiger partial charge in [-0.2, -0.15) is 0 Å². The fourth-order valence-corrected chi connectivity index (χ4v) is 2.62. The van der Waals surface area contributed by atoms with Gasteiger partial charge >= 0.3 is 0 Å². The van der Waals surface area contributed by atoms with Gasteiger partial charge in [0.05, 0.1) is 13.2 Å². The van der Waals surface area contributed by atoms with Crippen molar-refractivity contribution >= 4 is 6.29 Å². The summed E-state index contributed by atoms with van der Waals surface area (Å²) >= 11 is 0. The van der Waals surface area contributed by atoms with Crippen molar-refractivity contribution in [2.24, 2.45) is 0 Å². The van der Waals surface area contributed by atoms with Crippen molar-refractivity contribution in [1.29, 1.82) is 0 Å². The fraction of sp³-hybridized carbons (Fsp3) is 0.562. The highest BCUT2D eigenvalue weighted by molar-refractivity contribution is 5.75. The number of hydrogen-bond acceptors (Lipinski definition) is 4. The molecule has 1 aliphatic rings. The Bertz CT molecular complexity index is 441. The van der Waals surface area contributed by atoms with E-state index in [2.05, 4.69) is 11.8 Å². The standard InChI is InChI=1S/C16H23NO3/c1-3-17(11-15-5-4-8-20-15)10-14-9-13(12-18)6-7-16(14)19-2/h6-7,9,12,15H,3-5,8,10-11H2,1-2H3. The third-order valence-corrected chi connectivity index (χ3v) is 3.77. The largest absolute Gasteiger partial charge is 0.496 e. The van der Waals surface area contributed by atoms with Gasteiger partial charge in [-0.15, -0.1) is 0 Å². The number of aldehydes is 1. The zero-order valence-electron chi connectivity index (χ0n) is 12.3. The van der Waals surface area contributed by atoms with E-state index in [1.54, 1.807) is 13.2 Å². The second-order valence-corrected chi connectivity index (χ2v) is 5.15. The molecular formula is C16H23NO3. The van der Waals surface area contributed by atoms with Gasteiger partial charge in [-0.05, 0) is 37.6 Å². The van der Waals surface area contributed by atoms with Crippen LogP contribution in [-0.2, 0) is 11.3 Å². The molecule has 0 saturated carbocycles. The molecule has 0 aromatic heterocycles. The molecule has 1 aromatic rings. The van der Waals surface area contributed by atoms with Gasteiger partial charge < -0.3 is 9.47 Å². The fourth-order valence-electron chi connectivity index (χ4n) is 2.62. The highest BCUT2D eigenvalue weighted by atomic mass is 16.5. The maximum Gasteiger partial charge on any atom is 0.150 e. The molecule has 1 heterocycles. The van der Waals surface area contributed by atoms with Gasteiger partial charge in [-0.1, -0.05) is 6.92 Å². The minimum Gasteiger partial charge on any atom is -0.496 e. The molecule has 110 valence electrons. The molecule has 0 bridgehead atoms. The maximum absolute atomic E-state index is 10.9. The van der Waals surface area contributed by atoms with E-state index in [-0.39, 0.29) is 0 Å². The average molecular weight is 277 g/mol. The molecule has 0 spiro atoms. The van der Waals surface area contributed by atoms with Crippen molar-refractivity contribution in [1.82, 2.24) is 4.90 Å². The lowest BCUT2D eigenvalue weighted by atomic mass is 10.1. The Morgan fingerprint density at radius 3 is 2.95 bits per heavy atom. The van der Waals surface area contributed by atoms with Gasteiger partial charge in [0.25, 0.3) is 0 Å². The predicted octanol–water partition coefficient (Wildman–Crippen LogP) is 2.51. The SMILES string of the molecule is CCN(Cc1cc(C=O)ccc1OC)CC1CCCO1. The Hall–Kier alpha value is -1.39. The summed E-state index contributed by atoms with van der Waals surface area (Å²) in [5, 5.41) is 0. The van der Waals surface area contributed by atoms with Gasteiger partial charge in [-0.25, -0.2) is 0 Å². The number of carbonyl (C=O) groups is 1. The molecular weight excluding hydrogens is 254 g/mol. The molecule has 4 heteroatoms. The van der Waals surface area contributed by atoms with E-state index in [0.717, 1.165) is 56.7 Å². The van der Waals surface area contributed by atoms with Crippen LogP contribution in [0.15, 0.2) is 18.2 Å². The topological polar surface area (TPSA) is 38.8 Å². The van der Waals surface area contributed by atoms with Crippen molar-refractivity contribution in [2.45, 2.75) is 32.4 Å². The average Bonchev–Trinajstić information content (AvgIpc) is 2.99. The zero-order chi connectivity index (χ0) is 14.4. The first-order valence-corrected chi connectivity index (χ1v) is 7.23. The van der Waals surface area contributed by atoms with Crippen LogP contribution in [0, 0.1) is 0 Å². The van der Waals surface area contributed by atoms with Crippen molar-refractivity contribution in [3.05, 3.63) is 29.3 Å². The van der Waals surface area contributed by atoms with Crippen molar-refractivity contribution in [2.75, 3.05) is 26.8 Å². The number of rotatable bonds is 7. The first-order valence-electron chi connectivity index (χ1n) is 7.23. The van der Waals surface area contributed by atoms with E-state index in [1.165, 1.54) is 0 Å². The number of hydrogen-bond donors (Lipinski definition) is 0. The predicted molar refractivity (Wildman–Crippen MR) is 78.3 cm³/mol. The Labute approximate surface area is 120 Å². The summed E-state index contributed by atoms with van der Waals surface area (Å²) in [6.07, 6.45) is 3.52. The number of carbonyl (C=O) groups excluding carboxylic acids is 1. The van der Waals surface area contributed by atoms with Crippen LogP contribution >= 0.6 is 0 Å². The summed E-state index contributed by atoms with van der Waals surface area (Å²) in [7, 11) is 1.66. The molecule has 1 saturated heterocycles. The molecule has 1 aliphatic heterocycles. The van der Waals surface area contributed by atoms with Gasteiger partial charge in [0.1, 0.15) is 12.0 Å². The first kappa shape index (κ1) is 15.0. The summed E-state index contributed by atoms with van der Waals surface area (Å²) in [4.78, 5) is 13.3. The van der Waals surface area contributed by atoms with Crippen LogP contribution in [0.4, 0.5) is 0 Å². The summed E-state index contributed by atoms with van der Waals surface area (Å²) in [6.45, 7) is 5.69. The van der Waals surface area contributed by atoms with Gasteiger partial charge in [-0.3, -0.25) is 9.69 Å². The number of likely N-dealkylation sites (N-methyl/N-ethyl adjacent to an activating group) is 1. The van der Waals surface area contributed by atoms with E-state index in [9.17, 15) is 4.79 Å². The molecule has 2 rings (SSSR count). The van der Waals surface area contributed by atoms with Crippen LogP contribution < -0.4 is 4.74 Å². The second-order valence-electron chi connectivity index (χ2n) is 5.15. The molecule has 1 fully saturated rings. The summed E-state index contributed by atoms with van der Waals surface area (Å²) in [6, 6.07) is 5.55. The van der Waals surface area contributed by atoms with E-state index in [0.29, 0.717) is 11.7 Å². The molecule has 0 N–H and O–H groups in total. The minimum absolute atomic E-state index is 0.343. The van der Waals surface area contributed by atoms with Crippen molar-refractivity contribution in [3.8, 4) is 5.75 Å². The Morgan fingerprint density at radius 2 is 2.35 bits per heavy atom. The number of methoxy groups -OCH3 is 1.